The molecule has 0 aromatic carbocycles. The number of carboxylic acid groups (broad SMARTS) is 1. The van der Waals surface area contributed by atoms with E-state index in [1.165, 1.54) is 4.31 Å². The second kappa shape index (κ2) is 4.93. The summed E-state index contributed by atoms with van der Waals surface area (Å²) in [4.78, 5) is 11.0. The second-order valence-corrected chi connectivity index (χ2v) is 6.90. The Bertz CT molecular complexity index is 581. The molecule has 2 N–H and O–H groups in total. The number of sulfonamides is 1. The third-order valence-electron chi connectivity index (χ3n) is 3.73. The molecule has 2 heterocycles. The SMILES string of the molecule is CC1CCN(S(=O)(=O)c2[nH]ncc2C(=O)O)CC1C. The molecule has 0 bridgehead atoms. The van der Waals surface area contributed by atoms with Gasteiger partial charge in [-0.25, -0.2) is 13.2 Å². The summed E-state index contributed by atoms with van der Waals surface area (Å²) >= 11 is 0. The Morgan fingerprint density at radius 1 is 1.47 bits per heavy atom. The number of aromatic amines is 1. The summed E-state index contributed by atoms with van der Waals surface area (Å²) in [5.41, 5.74) is -0.314. The number of nitrogens with zero attached hydrogens (tertiary/aromatic N) is 2. The lowest BCUT2D eigenvalue weighted by Crippen LogP contribution is -2.42. The van der Waals surface area contributed by atoms with Crippen LogP contribution in [0.4, 0.5) is 0 Å². The first-order valence-electron chi connectivity index (χ1n) is 6.11. The fourth-order valence-electron chi connectivity index (χ4n) is 2.20. The highest BCUT2D eigenvalue weighted by molar-refractivity contribution is 7.89. The van der Waals surface area contributed by atoms with Crippen LogP contribution in [0.25, 0.3) is 0 Å². The van der Waals surface area contributed by atoms with Crippen molar-refractivity contribution < 1.29 is 18.3 Å². The lowest BCUT2D eigenvalue weighted by molar-refractivity contribution is 0.0692. The number of nitrogens with one attached hydrogen (secondary N) is 1. The molecule has 1 saturated heterocycles. The minimum absolute atomic E-state index is 0.250. The first-order valence-corrected chi connectivity index (χ1v) is 7.55. The number of piperidine rings is 1. The van der Waals surface area contributed by atoms with Crippen LogP contribution in [0.5, 0.6) is 0 Å². The van der Waals surface area contributed by atoms with Gasteiger partial charge in [-0.3, -0.25) is 5.10 Å². The summed E-state index contributed by atoms with van der Waals surface area (Å²) in [5.74, 6) is -0.586. The van der Waals surface area contributed by atoms with E-state index in [0.717, 1.165) is 12.6 Å². The molecule has 2 rings (SSSR count). The van der Waals surface area contributed by atoms with Gasteiger partial charge in [0, 0.05) is 13.1 Å². The van der Waals surface area contributed by atoms with Crippen molar-refractivity contribution in [3.8, 4) is 0 Å². The van der Waals surface area contributed by atoms with Gasteiger partial charge < -0.3 is 5.11 Å². The number of carbonyl (C=O) groups is 1. The largest absolute Gasteiger partial charge is 0.478 e. The minimum Gasteiger partial charge on any atom is -0.478 e. The van der Waals surface area contributed by atoms with E-state index < -0.39 is 16.0 Å². The molecule has 0 amide bonds. The third-order valence-corrected chi connectivity index (χ3v) is 5.57. The Kier molecular flexibility index (Phi) is 3.64. The van der Waals surface area contributed by atoms with Crippen molar-refractivity contribution in [2.75, 3.05) is 13.1 Å². The molecule has 1 aromatic rings. The molecule has 0 spiro atoms. The molecular weight excluding hydrogens is 270 g/mol. The van der Waals surface area contributed by atoms with Crippen LogP contribution in [0.15, 0.2) is 11.2 Å². The monoisotopic (exact) mass is 287 g/mol. The molecule has 1 aromatic heterocycles. The number of hydrogen-bond acceptors (Lipinski definition) is 4. The summed E-state index contributed by atoms with van der Waals surface area (Å²) in [6, 6.07) is 0. The quantitative estimate of drug-likeness (QED) is 0.854. The predicted octanol–water partition coefficient (Wildman–Crippen LogP) is 0.774. The second-order valence-electron chi connectivity index (χ2n) is 5.02. The van der Waals surface area contributed by atoms with Crippen LogP contribution in [0.1, 0.15) is 30.6 Å². The highest BCUT2D eigenvalue weighted by atomic mass is 32.2. The van der Waals surface area contributed by atoms with Gasteiger partial charge in [-0.2, -0.15) is 9.40 Å². The Morgan fingerprint density at radius 3 is 2.74 bits per heavy atom. The summed E-state index contributed by atoms with van der Waals surface area (Å²) in [5, 5.41) is 14.5. The molecule has 1 aliphatic heterocycles. The van der Waals surface area contributed by atoms with E-state index in [9.17, 15) is 13.2 Å². The average Bonchev–Trinajstić information content (AvgIpc) is 2.82. The van der Waals surface area contributed by atoms with E-state index in [4.69, 9.17) is 5.11 Å². The maximum absolute atomic E-state index is 12.4. The molecule has 2 unspecified atom stereocenters. The fraction of sp³-hybridized carbons (Fsp3) is 0.636. The van der Waals surface area contributed by atoms with E-state index in [0.29, 0.717) is 19.0 Å². The summed E-state index contributed by atoms with van der Waals surface area (Å²) in [7, 11) is -3.82. The van der Waals surface area contributed by atoms with E-state index in [2.05, 4.69) is 17.1 Å². The molecule has 1 aliphatic rings. The Labute approximate surface area is 111 Å². The van der Waals surface area contributed by atoms with Gasteiger partial charge in [-0.1, -0.05) is 13.8 Å². The normalized spacial score (nSPS) is 25.4. The number of aromatic carboxylic acids is 1. The van der Waals surface area contributed by atoms with Crippen molar-refractivity contribution >= 4 is 16.0 Å². The maximum atomic E-state index is 12.4. The van der Waals surface area contributed by atoms with Gasteiger partial charge in [0.2, 0.25) is 0 Å². The highest BCUT2D eigenvalue weighted by Gasteiger charge is 2.35. The topological polar surface area (TPSA) is 103 Å². The van der Waals surface area contributed by atoms with Crippen LogP contribution < -0.4 is 0 Å². The van der Waals surface area contributed by atoms with Crippen molar-refractivity contribution in [2.24, 2.45) is 11.8 Å². The van der Waals surface area contributed by atoms with Crippen molar-refractivity contribution in [2.45, 2.75) is 25.3 Å². The molecule has 8 heteroatoms. The zero-order valence-electron chi connectivity index (χ0n) is 10.8. The maximum Gasteiger partial charge on any atom is 0.340 e. The molecule has 2 atom stereocenters. The third kappa shape index (κ3) is 2.50. The fourth-order valence-corrected chi connectivity index (χ4v) is 3.82. The zero-order chi connectivity index (χ0) is 14.2. The van der Waals surface area contributed by atoms with E-state index in [1.807, 2.05) is 6.92 Å². The summed E-state index contributed by atoms with van der Waals surface area (Å²) < 4.78 is 26.2. The predicted molar refractivity (Wildman–Crippen MR) is 67.3 cm³/mol. The summed E-state index contributed by atoms with van der Waals surface area (Å²) in [6.07, 6.45) is 1.79. The van der Waals surface area contributed by atoms with Gasteiger partial charge in [0.25, 0.3) is 10.0 Å². The van der Waals surface area contributed by atoms with Crippen LogP contribution in [0.2, 0.25) is 0 Å². The molecule has 19 heavy (non-hydrogen) atoms. The van der Waals surface area contributed by atoms with Crippen LogP contribution in [0.3, 0.4) is 0 Å². The Balaban J connectivity index is 2.33. The Morgan fingerprint density at radius 2 is 2.16 bits per heavy atom. The van der Waals surface area contributed by atoms with Gasteiger partial charge in [0.15, 0.2) is 5.03 Å². The number of aromatic nitrogens is 2. The van der Waals surface area contributed by atoms with Gasteiger partial charge in [0.05, 0.1) is 6.20 Å². The van der Waals surface area contributed by atoms with Crippen LogP contribution in [-0.4, -0.2) is 47.1 Å². The summed E-state index contributed by atoms with van der Waals surface area (Å²) in [6.45, 7) is 4.90. The minimum atomic E-state index is -3.82. The van der Waals surface area contributed by atoms with Crippen LogP contribution >= 0.6 is 0 Å². The lowest BCUT2D eigenvalue weighted by atomic mass is 9.90. The van der Waals surface area contributed by atoms with Gasteiger partial charge in [-0.05, 0) is 18.3 Å². The number of H-pyrrole nitrogens is 1. The first kappa shape index (κ1) is 14.0. The van der Waals surface area contributed by atoms with Crippen LogP contribution in [-0.2, 0) is 10.0 Å². The van der Waals surface area contributed by atoms with Gasteiger partial charge in [-0.15, -0.1) is 0 Å². The van der Waals surface area contributed by atoms with Crippen molar-refractivity contribution in [3.63, 3.8) is 0 Å². The van der Waals surface area contributed by atoms with E-state index in [1.54, 1.807) is 0 Å². The van der Waals surface area contributed by atoms with Crippen molar-refractivity contribution in [3.05, 3.63) is 11.8 Å². The van der Waals surface area contributed by atoms with Gasteiger partial charge in [0.1, 0.15) is 5.56 Å². The number of hydrogen-bond donors (Lipinski definition) is 2. The smallest absolute Gasteiger partial charge is 0.340 e. The standard InChI is InChI=1S/C11H17N3O4S/c1-7-3-4-14(6-8(7)2)19(17,18)10-9(11(15)16)5-12-13-10/h5,7-8H,3-4,6H2,1-2H3,(H,12,13)(H,15,16). The molecule has 1 fully saturated rings. The first-order chi connectivity index (χ1) is 8.84. The molecular formula is C11H17N3O4S. The van der Waals surface area contributed by atoms with Gasteiger partial charge >= 0.3 is 5.97 Å². The van der Waals surface area contributed by atoms with Crippen LogP contribution in [0, 0.1) is 11.8 Å². The molecule has 7 nitrogen and oxygen atoms in total. The molecule has 0 saturated carbocycles. The zero-order valence-corrected chi connectivity index (χ0v) is 11.6. The average molecular weight is 287 g/mol. The molecule has 106 valence electrons. The van der Waals surface area contributed by atoms with E-state index >= 15 is 0 Å². The highest BCUT2D eigenvalue weighted by Crippen LogP contribution is 2.27. The van der Waals surface area contributed by atoms with E-state index in [-0.39, 0.29) is 16.5 Å². The van der Waals surface area contributed by atoms with Crippen molar-refractivity contribution in [1.82, 2.24) is 14.5 Å². The number of carboxylic acids is 1. The Hall–Kier alpha value is -1.41. The molecule has 0 aliphatic carbocycles. The molecule has 0 radical (unpaired) electrons. The lowest BCUT2D eigenvalue weighted by Gasteiger charge is -2.34. The number of rotatable bonds is 3. The van der Waals surface area contributed by atoms with Crippen molar-refractivity contribution in [1.29, 1.82) is 0 Å².